The second-order valence-corrected chi connectivity index (χ2v) is 7.82. The van der Waals surface area contributed by atoms with E-state index in [-0.39, 0.29) is 23.5 Å². The van der Waals surface area contributed by atoms with Gasteiger partial charge in [-0.25, -0.2) is 8.42 Å². The number of rotatable bonds is 8. The molecule has 18 heavy (non-hydrogen) atoms. The number of amides is 1. The van der Waals surface area contributed by atoms with Gasteiger partial charge in [0.15, 0.2) is 0 Å². The molecule has 2 N–H and O–H groups in total. The lowest BCUT2D eigenvalue weighted by molar-refractivity contribution is -0.132. The lowest BCUT2D eigenvalue weighted by Crippen LogP contribution is -2.42. The molecule has 0 fully saturated rings. The van der Waals surface area contributed by atoms with Gasteiger partial charge in [0.1, 0.15) is 9.84 Å². The summed E-state index contributed by atoms with van der Waals surface area (Å²) in [4.78, 5) is 13.7. The Morgan fingerprint density at radius 1 is 1.33 bits per heavy atom. The second kappa shape index (κ2) is 7.09. The lowest BCUT2D eigenvalue weighted by atomic mass is 9.93. The molecular weight excluding hydrogens is 252 g/mol. The largest absolute Gasteiger partial charge is 0.342 e. The van der Waals surface area contributed by atoms with Crippen LogP contribution in [-0.2, 0) is 14.6 Å². The van der Waals surface area contributed by atoms with Gasteiger partial charge in [-0.15, -0.1) is 0 Å². The van der Waals surface area contributed by atoms with E-state index in [1.807, 2.05) is 20.8 Å². The SMILES string of the molecule is CCCN(CC(C)(C)CN)C(=O)CCS(C)(=O)=O. The minimum absolute atomic E-state index is 0.0550. The summed E-state index contributed by atoms with van der Waals surface area (Å²) in [5, 5.41) is 0. The molecule has 0 unspecified atom stereocenters. The molecule has 0 heterocycles. The minimum atomic E-state index is -3.09. The summed E-state index contributed by atoms with van der Waals surface area (Å²) in [7, 11) is -3.09. The maximum absolute atomic E-state index is 12.0. The van der Waals surface area contributed by atoms with Crippen molar-refractivity contribution >= 4 is 15.7 Å². The predicted octanol–water partition coefficient (Wildman–Crippen LogP) is 0.645. The van der Waals surface area contributed by atoms with Crippen molar-refractivity contribution < 1.29 is 13.2 Å². The monoisotopic (exact) mass is 278 g/mol. The van der Waals surface area contributed by atoms with Gasteiger partial charge < -0.3 is 10.6 Å². The normalized spacial score (nSPS) is 12.5. The van der Waals surface area contributed by atoms with Crippen LogP contribution in [0.25, 0.3) is 0 Å². The van der Waals surface area contributed by atoms with Gasteiger partial charge in [0, 0.05) is 25.8 Å². The van der Waals surface area contributed by atoms with E-state index in [0.717, 1.165) is 12.7 Å². The van der Waals surface area contributed by atoms with Crippen molar-refractivity contribution in [3.05, 3.63) is 0 Å². The van der Waals surface area contributed by atoms with E-state index in [1.165, 1.54) is 0 Å². The lowest BCUT2D eigenvalue weighted by Gasteiger charge is -2.31. The Morgan fingerprint density at radius 2 is 1.89 bits per heavy atom. The number of nitrogens with zero attached hydrogens (tertiary/aromatic N) is 1. The Morgan fingerprint density at radius 3 is 2.28 bits per heavy atom. The summed E-state index contributed by atoms with van der Waals surface area (Å²) in [5.41, 5.74) is 5.52. The molecular formula is C12H26N2O3S. The molecule has 0 saturated carbocycles. The second-order valence-electron chi connectivity index (χ2n) is 5.56. The van der Waals surface area contributed by atoms with Crippen LogP contribution in [0.5, 0.6) is 0 Å². The Bertz CT molecular complexity index is 364. The highest BCUT2D eigenvalue weighted by Crippen LogP contribution is 2.16. The Kier molecular flexibility index (Phi) is 6.84. The highest BCUT2D eigenvalue weighted by atomic mass is 32.2. The van der Waals surface area contributed by atoms with E-state index >= 15 is 0 Å². The van der Waals surface area contributed by atoms with Gasteiger partial charge in [-0.05, 0) is 18.4 Å². The van der Waals surface area contributed by atoms with Crippen LogP contribution in [0.3, 0.4) is 0 Å². The first-order valence-electron chi connectivity index (χ1n) is 6.27. The third kappa shape index (κ3) is 7.66. The average Bonchev–Trinajstić information content (AvgIpc) is 2.24. The van der Waals surface area contributed by atoms with Gasteiger partial charge in [-0.1, -0.05) is 20.8 Å². The van der Waals surface area contributed by atoms with E-state index in [0.29, 0.717) is 19.6 Å². The zero-order valence-electron chi connectivity index (χ0n) is 11.9. The molecule has 0 aromatic carbocycles. The van der Waals surface area contributed by atoms with E-state index in [2.05, 4.69) is 0 Å². The minimum Gasteiger partial charge on any atom is -0.342 e. The standard InChI is InChI=1S/C12H26N2O3S/c1-5-7-14(10-12(2,3)9-13)11(15)6-8-18(4,16)17/h5-10,13H2,1-4H3. The Hall–Kier alpha value is -0.620. The molecule has 0 aromatic rings. The van der Waals surface area contributed by atoms with Crippen LogP contribution in [-0.4, -0.2) is 50.9 Å². The topological polar surface area (TPSA) is 80.5 Å². The molecule has 0 bridgehead atoms. The van der Waals surface area contributed by atoms with Crippen molar-refractivity contribution in [3.8, 4) is 0 Å². The van der Waals surface area contributed by atoms with E-state index in [1.54, 1.807) is 4.90 Å². The highest BCUT2D eigenvalue weighted by molar-refractivity contribution is 7.90. The first-order valence-corrected chi connectivity index (χ1v) is 8.33. The molecule has 1 amide bonds. The van der Waals surface area contributed by atoms with Crippen LogP contribution in [0.15, 0.2) is 0 Å². The quantitative estimate of drug-likeness (QED) is 0.706. The molecule has 0 atom stereocenters. The number of carbonyl (C=O) groups excluding carboxylic acids is 1. The number of sulfone groups is 1. The third-order valence-corrected chi connectivity index (χ3v) is 3.65. The number of hydrogen-bond acceptors (Lipinski definition) is 4. The molecule has 5 nitrogen and oxygen atoms in total. The number of nitrogens with two attached hydrogens (primary N) is 1. The van der Waals surface area contributed by atoms with Gasteiger partial charge >= 0.3 is 0 Å². The van der Waals surface area contributed by atoms with Gasteiger partial charge in [0.25, 0.3) is 0 Å². The van der Waals surface area contributed by atoms with Crippen LogP contribution in [0.4, 0.5) is 0 Å². The summed E-state index contributed by atoms with van der Waals surface area (Å²) in [6.45, 7) is 7.70. The van der Waals surface area contributed by atoms with Crippen LogP contribution >= 0.6 is 0 Å². The number of carbonyl (C=O) groups is 1. The molecule has 0 saturated heterocycles. The molecule has 6 heteroatoms. The molecule has 0 rings (SSSR count). The molecule has 108 valence electrons. The Balaban J connectivity index is 4.54. The fourth-order valence-electron chi connectivity index (χ4n) is 1.57. The fraction of sp³-hybridized carbons (Fsp3) is 0.917. The van der Waals surface area contributed by atoms with Crippen LogP contribution < -0.4 is 5.73 Å². The molecule has 0 aliphatic rings. The molecule has 0 radical (unpaired) electrons. The van der Waals surface area contributed by atoms with Crippen molar-refractivity contribution in [2.24, 2.45) is 11.1 Å². The van der Waals surface area contributed by atoms with Crippen molar-refractivity contribution in [3.63, 3.8) is 0 Å². The van der Waals surface area contributed by atoms with E-state index in [9.17, 15) is 13.2 Å². The van der Waals surface area contributed by atoms with Gasteiger partial charge in [-0.2, -0.15) is 0 Å². The molecule has 0 spiro atoms. The predicted molar refractivity (Wildman–Crippen MR) is 74.0 cm³/mol. The summed E-state index contributed by atoms with van der Waals surface area (Å²) in [6, 6.07) is 0. The average molecular weight is 278 g/mol. The van der Waals surface area contributed by atoms with Crippen molar-refractivity contribution in [1.29, 1.82) is 0 Å². The molecule has 0 aliphatic heterocycles. The Labute approximate surface area is 111 Å². The van der Waals surface area contributed by atoms with Gasteiger partial charge in [-0.3, -0.25) is 4.79 Å². The van der Waals surface area contributed by atoms with Crippen LogP contribution in [0, 0.1) is 5.41 Å². The maximum atomic E-state index is 12.0. The highest BCUT2D eigenvalue weighted by Gasteiger charge is 2.23. The first-order chi connectivity index (χ1) is 8.11. The summed E-state index contributed by atoms with van der Waals surface area (Å²) in [5.74, 6) is -0.196. The van der Waals surface area contributed by atoms with Crippen LogP contribution in [0.1, 0.15) is 33.6 Å². The smallest absolute Gasteiger partial charge is 0.223 e. The van der Waals surface area contributed by atoms with Crippen molar-refractivity contribution in [2.75, 3.05) is 31.6 Å². The number of hydrogen-bond donors (Lipinski definition) is 1. The molecule has 0 aliphatic carbocycles. The third-order valence-electron chi connectivity index (χ3n) is 2.70. The zero-order chi connectivity index (χ0) is 14.4. The van der Waals surface area contributed by atoms with Gasteiger partial charge in [0.2, 0.25) is 5.91 Å². The fourth-order valence-corrected chi connectivity index (χ4v) is 2.12. The first kappa shape index (κ1) is 17.4. The van der Waals surface area contributed by atoms with E-state index < -0.39 is 9.84 Å². The maximum Gasteiger partial charge on any atom is 0.223 e. The van der Waals surface area contributed by atoms with E-state index in [4.69, 9.17) is 5.73 Å². The summed E-state index contributed by atoms with van der Waals surface area (Å²) < 4.78 is 22.1. The summed E-state index contributed by atoms with van der Waals surface area (Å²) >= 11 is 0. The van der Waals surface area contributed by atoms with Crippen LogP contribution in [0.2, 0.25) is 0 Å². The van der Waals surface area contributed by atoms with Gasteiger partial charge in [0.05, 0.1) is 5.75 Å². The molecule has 0 aromatic heterocycles. The summed E-state index contributed by atoms with van der Waals surface area (Å²) in [6.07, 6.45) is 2.05. The zero-order valence-corrected chi connectivity index (χ0v) is 12.7. The van der Waals surface area contributed by atoms with Crippen molar-refractivity contribution in [2.45, 2.75) is 33.6 Å². The van der Waals surface area contributed by atoms with Crippen molar-refractivity contribution in [1.82, 2.24) is 4.90 Å².